The fourth-order valence-corrected chi connectivity index (χ4v) is 2.22. The monoisotopic (exact) mass is 236 g/mol. The molecule has 1 aliphatic rings. The van der Waals surface area contributed by atoms with Crippen LogP contribution in [0.25, 0.3) is 0 Å². The van der Waals surface area contributed by atoms with E-state index in [-0.39, 0.29) is 0 Å². The van der Waals surface area contributed by atoms with Crippen LogP contribution in [0.5, 0.6) is 0 Å². The van der Waals surface area contributed by atoms with Gasteiger partial charge in [0.15, 0.2) is 0 Å². The molecule has 2 rings (SSSR count). The van der Waals surface area contributed by atoms with E-state index >= 15 is 0 Å². The van der Waals surface area contributed by atoms with E-state index in [1.165, 1.54) is 19.3 Å². The summed E-state index contributed by atoms with van der Waals surface area (Å²) >= 11 is 0. The molecule has 1 unspecified atom stereocenters. The van der Waals surface area contributed by atoms with Gasteiger partial charge >= 0.3 is 0 Å². The minimum absolute atomic E-state index is 0.402. The molecule has 0 amide bonds. The molecule has 0 saturated heterocycles. The first-order valence-corrected chi connectivity index (χ1v) is 6.78. The molecule has 0 bridgehead atoms. The van der Waals surface area contributed by atoms with Gasteiger partial charge in [0.1, 0.15) is 12.2 Å². The summed E-state index contributed by atoms with van der Waals surface area (Å²) in [5, 5.41) is 7.90. The molecule has 1 aromatic rings. The zero-order chi connectivity index (χ0) is 12.3. The summed E-state index contributed by atoms with van der Waals surface area (Å²) < 4.78 is 2.03. The molecule has 96 valence electrons. The molecule has 1 heterocycles. The van der Waals surface area contributed by atoms with E-state index in [4.69, 9.17) is 0 Å². The lowest BCUT2D eigenvalue weighted by molar-refractivity contribution is 0.318. The summed E-state index contributed by atoms with van der Waals surface area (Å²) in [6.07, 6.45) is 6.79. The molecule has 1 fully saturated rings. The highest BCUT2D eigenvalue weighted by atomic mass is 15.3. The number of nitrogens with one attached hydrogen (secondary N) is 1. The second-order valence-corrected chi connectivity index (χ2v) is 5.56. The third-order valence-electron chi connectivity index (χ3n) is 3.53. The van der Waals surface area contributed by atoms with Crippen LogP contribution in [0.2, 0.25) is 0 Å². The van der Waals surface area contributed by atoms with Crippen molar-refractivity contribution in [2.45, 2.75) is 58.5 Å². The van der Waals surface area contributed by atoms with E-state index in [2.05, 4.69) is 36.2 Å². The number of hydrogen-bond donors (Lipinski definition) is 1. The Hall–Kier alpha value is -0.900. The van der Waals surface area contributed by atoms with Gasteiger partial charge in [-0.05, 0) is 39.2 Å². The van der Waals surface area contributed by atoms with Gasteiger partial charge in [-0.25, -0.2) is 9.67 Å². The normalized spacial score (nSPS) is 18.4. The number of nitrogens with zero attached hydrogens (tertiary/aromatic N) is 3. The molecule has 1 saturated carbocycles. The summed E-state index contributed by atoms with van der Waals surface area (Å²) in [5.74, 6) is 1.74. The van der Waals surface area contributed by atoms with E-state index in [1.807, 2.05) is 4.68 Å². The Morgan fingerprint density at radius 1 is 1.41 bits per heavy atom. The molecule has 1 atom stereocenters. The lowest BCUT2D eigenvalue weighted by Crippen LogP contribution is -2.38. The van der Waals surface area contributed by atoms with E-state index < -0.39 is 0 Å². The van der Waals surface area contributed by atoms with E-state index in [1.54, 1.807) is 6.33 Å². The zero-order valence-electron chi connectivity index (χ0n) is 11.2. The first-order valence-electron chi connectivity index (χ1n) is 6.78. The Kier molecular flexibility index (Phi) is 4.15. The SMILES string of the molecule is CC(CNC1CCC1)Cc1ncnn1C(C)C. The summed E-state index contributed by atoms with van der Waals surface area (Å²) in [5.41, 5.74) is 0. The first kappa shape index (κ1) is 12.6. The van der Waals surface area contributed by atoms with Crippen LogP contribution < -0.4 is 5.32 Å². The second-order valence-electron chi connectivity index (χ2n) is 5.56. The highest BCUT2D eigenvalue weighted by molar-refractivity contribution is 4.89. The average Bonchev–Trinajstić information content (AvgIpc) is 2.63. The predicted molar refractivity (Wildman–Crippen MR) is 68.9 cm³/mol. The summed E-state index contributed by atoms with van der Waals surface area (Å²) in [6.45, 7) is 7.67. The topological polar surface area (TPSA) is 42.7 Å². The van der Waals surface area contributed by atoms with Crippen LogP contribution in [0.4, 0.5) is 0 Å². The molecule has 1 aromatic heterocycles. The Balaban J connectivity index is 1.80. The van der Waals surface area contributed by atoms with Gasteiger partial charge in [-0.1, -0.05) is 13.3 Å². The second kappa shape index (κ2) is 5.63. The van der Waals surface area contributed by atoms with Crippen molar-refractivity contribution in [3.63, 3.8) is 0 Å². The van der Waals surface area contributed by atoms with E-state index in [0.717, 1.165) is 24.8 Å². The molecule has 0 spiro atoms. The van der Waals surface area contributed by atoms with Crippen LogP contribution in [0, 0.1) is 5.92 Å². The minimum Gasteiger partial charge on any atom is -0.314 e. The fraction of sp³-hybridized carbons (Fsp3) is 0.846. The van der Waals surface area contributed by atoms with Gasteiger partial charge in [0, 0.05) is 18.5 Å². The molecule has 0 radical (unpaired) electrons. The first-order chi connectivity index (χ1) is 8.16. The predicted octanol–water partition coefficient (Wildman–Crippen LogP) is 2.18. The lowest BCUT2D eigenvalue weighted by atomic mass is 9.92. The van der Waals surface area contributed by atoms with Crippen molar-refractivity contribution in [3.8, 4) is 0 Å². The van der Waals surface area contributed by atoms with Crippen molar-refractivity contribution < 1.29 is 0 Å². The van der Waals surface area contributed by atoms with Gasteiger partial charge in [0.25, 0.3) is 0 Å². The van der Waals surface area contributed by atoms with Gasteiger partial charge in [-0.15, -0.1) is 0 Å². The number of aromatic nitrogens is 3. The summed E-state index contributed by atoms with van der Waals surface area (Å²) in [4.78, 5) is 4.36. The Morgan fingerprint density at radius 3 is 2.76 bits per heavy atom. The molecule has 4 nitrogen and oxygen atoms in total. The van der Waals surface area contributed by atoms with Crippen molar-refractivity contribution in [2.75, 3.05) is 6.54 Å². The minimum atomic E-state index is 0.402. The van der Waals surface area contributed by atoms with Crippen molar-refractivity contribution in [2.24, 2.45) is 5.92 Å². The quantitative estimate of drug-likeness (QED) is 0.823. The molecular formula is C13H24N4. The van der Waals surface area contributed by atoms with Crippen LogP contribution in [0.3, 0.4) is 0 Å². The van der Waals surface area contributed by atoms with Crippen molar-refractivity contribution in [1.82, 2.24) is 20.1 Å². The van der Waals surface area contributed by atoms with E-state index in [9.17, 15) is 0 Å². The molecule has 1 aliphatic carbocycles. The smallest absolute Gasteiger partial charge is 0.138 e. The van der Waals surface area contributed by atoms with E-state index in [0.29, 0.717) is 12.0 Å². The fourth-order valence-electron chi connectivity index (χ4n) is 2.22. The van der Waals surface area contributed by atoms with Crippen LogP contribution in [-0.2, 0) is 6.42 Å². The van der Waals surface area contributed by atoms with Crippen LogP contribution in [0.1, 0.15) is 51.9 Å². The summed E-state index contributed by atoms with van der Waals surface area (Å²) in [7, 11) is 0. The molecule has 0 aliphatic heterocycles. The number of hydrogen-bond acceptors (Lipinski definition) is 3. The van der Waals surface area contributed by atoms with Gasteiger partial charge in [0.05, 0.1) is 0 Å². The highest BCUT2D eigenvalue weighted by Gasteiger charge is 2.18. The standard InChI is InChI=1S/C13H24N4/c1-10(2)17-13(15-9-16-17)7-11(3)8-14-12-5-4-6-12/h9-12,14H,4-8H2,1-3H3. The highest BCUT2D eigenvalue weighted by Crippen LogP contribution is 2.18. The van der Waals surface area contributed by atoms with Crippen LogP contribution >= 0.6 is 0 Å². The molecular weight excluding hydrogens is 212 g/mol. The van der Waals surface area contributed by atoms with Gasteiger partial charge in [0.2, 0.25) is 0 Å². The van der Waals surface area contributed by atoms with Crippen LogP contribution in [0.15, 0.2) is 6.33 Å². The molecule has 4 heteroatoms. The van der Waals surface area contributed by atoms with Gasteiger partial charge in [-0.3, -0.25) is 0 Å². The lowest BCUT2D eigenvalue weighted by Gasteiger charge is -2.28. The van der Waals surface area contributed by atoms with Gasteiger partial charge in [-0.2, -0.15) is 5.10 Å². The maximum Gasteiger partial charge on any atom is 0.138 e. The average molecular weight is 236 g/mol. The van der Waals surface area contributed by atoms with Crippen molar-refractivity contribution in [1.29, 1.82) is 0 Å². The largest absolute Gasteiger partial charge is 0.314 e. The third kappa shape index (κ3) is 3.28. The Bertz CT molecular complexity index is 341. The van der Waals surface area contributed by atoms with Crippen molar-refractivity contribution >= 4 is 0 Å². The van der Waals surface area contributed by atoms with Crippen molar-refractivity contribution in [3.05, 3.63) is 12.2 Å². The number of rotatable bonds is 6. The maximum absolute atomic E-state index is 4.36. The molecule has 0 aromatic carbocycles. The Labute approximate surface area is 104 Å². The maximum atomic E-state index is 4.36. The summed E-state index contributed by atoms with van der Waals surface area (Å²) in [6, 6.07) is 1.18. The molecule has 1 N–H and O–H groups in total. The van der Waals surface area contributed by atoms with Crippen LogP contribution in [-0.4, -0.2) is 27.4 Å². The Morgan fingerprint density at radius 2 is 2.18 bits per heavy atom. The molecule has 17 heavy (non-hydrogen) atoms. The zero-order valence-corrected chi connectivity index (χ0v) is 11.2. The third-order valence-corrected chi connectivity index (χ3v) is 3.53. The van der Waals surface area contributed by atoms with Gasteiger partial charge < -0.3 is 5.32 Å².